The Balaban J connectivity index is 2.81. The fourth-order valence-electron chi connectivity index (χ4n) is 2.48. The number of nitrogens with two attached hydrogens (primary N) is 1. The van der Waals surface area contributed by atoms with Crippen molar-refractivity contribution in [2.45, 2.75) is 52.6 Å². The Hall–Kier alpha value is -1.79. The number of carbonyl (C=O) groups is 3. The van der Waals surface area contributed by atoms with Gasteiger partial charge in [0.05, 0.1) is 5.92 Å². The number of carboxylic acids is 1. The maximum atomic E-state index is 12.3. The molecule has 3 amide bonds. The fourth-order valence-corrected chi connectivity index (χ4v) is 2.48. The van der Waals surface area contributed by atoms with E-state index in [0.29, 0.717) is 12.8 Å². The van der Waals surface area contributed by atoms with E-state index >= 15 is 0 Å². The molecule has 0 bridgehead atoms. The third-order valence-electron chi connectivity index (χ3n) is 3.93. The van der Waals surface area contributed by atoms with Crippen LogP contribution in [-0.4, -0.2) is 46.5 Å². The number of nitrogens with zero attached hydrogens (tertiary/aromatic N) is 1. The minimum absolute atomic E-state index is 0.0463. The van der Waals surface area contributed by atoms with Gasteiger partial charge in [-0.1, -0.05) is 20.8 Å². The number of aliphatic carboxylic acids is 1. The van der Waals surface area contributed by atoms with E-state index in [-0.39, 0.29) is 18.5 Å². The number of piperidine rings is 1. The molecule has 3 atom stereocenters. The first kappa shape index (κ1) is 17.3. The Morgan fingerprint density at radius 3 is 2.29 bits per heavy atom. The molecule has 1 saturated heterocycles. The summed E-state index contributed by atoms with van der Waals surface area (Å²) in [5.41, 5.74) is 4.69. The zero-order valence-corrected chi connectivity index (χ0v) is 13.0. The molecular formula is C14H25N3O4. The topological polar surface area (TPSA) is 113 Å². The van der Waals surface area contributed by atoms with Crippen molar-refractivity contribution in [2.24, 2.45) is 17.1 Å². The van der Waals surface area contributed by atoms with Crippen molar-refractivity contribution in [1.29, 1.82) is 0 Å². The molecule has 120 valence electrons. The summed E-state index contributed by atoms with van der Waals surface area (Å²) in [6.07, 6.45) is 1.33. The predicted molar refractivity (Wildman–Crippen MR) is 77.5 cm³/mol. The summed E-state index contributed by atoms with van der Waals surface area (Å²) in [6, 6.07) is -1.50. The highest BCUT2D eigenvalue weighted by Gasteiger charge is 2.37. The Morgan fingerprint density at radius 1 is 1.29 bits per heavy atom. The Morgan fingerprint density at radius 2 is 1.86 bits per heavy atom. The summed E-state index contributed by atoms with van der Waals surface area (Å²) in [5.74, 6) is -1.87. The standard InChI is InChI=1S/C14H25N3O4/c1-8-5-6-9(11(15)18)7-17(8)13(21)16-10(12(19)20)14(2,3)4/h8-10H,5-7H2,1-4H3,(H2,15,18)(H,16,21)(H,19,20)/t8?,9?,10-/m0/s1. The summed E-state index contributed by atoms with van der Waals surface area (Å²) in [7, 11) is 0. The summed E-state index contributed by atoms with van der Waals surface area (Å²) in [5, 5.41) is 11.8. The molecule has 21 heavy (non-hydrogen) atoms. The number of urea groups is 1. The average Bonchev–Trinajstić information content (AvgIpc) is 2.33. The number of carboxylic acid groups (broad SMARTS) is 1. The van der Waals surface area contributed by atoms with Crippen LogP contribution in [0.1, 0.15) is 40.5 Å². The zero-order valence-electron chi connectivity index (χ0n) is 13.0. The average molecular weight is 299 g/mol. The van der Waals surface area contributed by atoms with E-state index in [1.165, 1.54) is 4.90 Å². The molecule has 2 unspecified atom stereocenters. The van der Waals surface area contributed by atoms with Crippen molar-refractivity contribution >= 4 is 17.9 Å². The third kappa shape index (κ3) is 4.34. The van der Waals surface area contributed by atoms with Gasteiger partial charge in [-0.15, -0.1) is 0 Å². The fraction of sp³-hybridized carbons (Fsp3) is 0.786. The summed E-state index contributed by atoms with van der Waals surface area (Å²) in [4.78, 5) is 36.4. The van der Waals surface area contributed by atoms with Crippen molar-refractivity contribution < 1.29 is 19.5 Å². The molecule has 7 nitrogen and oxygen atoms in total. The van der Waals surface area contributed by atoms with E-state index in [4.69, 9.17) is 5.73 Å². The molecule has 0 radical (unpaired) electrons. The third-order valence-corrected chi connectivity index (χ3v) is 3.93. The van der Waals surface area contributed by atoms with Crippen LogP contribution >= 0.6 is 0 Å². The molecule has 4 N–H and O–H groups in total. The molecule has 1 aliphatic heterocycles. The molecule has 1 fully saturated rings. The van der Waals surface area contributed by atoms with E-state index in [9.17, 15) is 19.5 Å². The molecule has 0 spiro atoms. The Kier molecular flexibility index (Phi) is 5.20. The lowest BCUT2D eigenvalue weighted by atomic mass is 9.87. The van der Waals surface area contributed by atoms with E-state index in [1.807, 2.05) is 6.92 Å². The van der Waals surface area contributed by atoms with E-state index < -0.39 is 29.4 Å². The molecule has 1 rings (SSSR count). The number of nitrogens with one attached hydrogen (secondary N) is 1. The van der Waals surface area contributed by atoms with Gasteiger partial charge >= 0.3 is 12.0 Å². The maximum Gasteiger partial charge on any atom is 0.326 e. The molecule has 0 saturated carbocycles. The molecule has 1 aliphatic rings. The van der Waals surface area contributed by atoms with Gasteiger partial charge in [-0.25, -0.2) is 9.59 Å². The van der Waals surface area contributed by atoms with Crippen molar-refractivity contribution in [3.05, 3.63) is 0 Å². The van der Waals surface area contributed by atoms with E-state index in [0.717, 1.165) is 0 Å². The number of primary amides is 1. The van der Waals surface area contributed by atoms with E-state index in [1.54, 1.807) is 20.8 Å². The molecular weight excluding hydrogens is 274 g/mol. The Labute approximate surface area is 124 Å². The number of amides is 3. The monoisotopic (exact) mass is 299 g/mol. The van der Waals surface area contributed by atoms with Crippen LogP contribution < -0.4 is 11.1 Å². The largest absolute Gasteiger partial charge is 0.480 e. The predicted octanol–water partition coefficient (Wildman–Crippen LogP) is 0.781. The highest BCUT2D eigenvalue weighted by molar-refractivity contribution is 5.84. The number of hydrogen-bond donors (Lipinski definition) is 3. The second-order valence-corrected chi connectivity index (χ2v) is 6.76. The van der Waals surface area contributed by atoms with Crippen molar-refractivity contribution in [2.75, 3.05) is 6.54 Å². The SMILES string of the molecule is CC1CCC(C(N)=O)CN1C(=O)N[C@@H](C(=O)O)C(C)(C)C. The first-order valence-corrected chi connectivity index (χ1v) is 7.13. The minimum Gasteiger partial charge on any atom is -0.480 e. The van der Waals surface area contributed by atoms with Crippen LogP contribution in [0.3, 0.4) is 0 Å². The van der Waals surface area contributed by atoms with Gasteiger partial charge < -0.3 is 21.1 Å². The number of likely N-dealkylation sites (tertiary alicyclic amines) is 1. The maximum absolute atomic E-state index is 12.3. The van der Waals surface area contributed by atoms with Crippen molar-refractivity contribution in [3.8, 4) is 0 Å². The number of carbonyl (C=O) groups excluding carboxylic acids is 2. The van der Waals surface area contributed by atoms with Crippen LogP contribution in [-0.2, 0) is 9.59 Å². The van der Waals surface area contributed by atoms with Crippen molar-refractivity contribution in [1.82, 2.24) is 10.2 Å². The van der Waals surface area contributed by atoms with Crippen LogP contribution in [0, 0.1) is 11.3 Å². The van der Waals surface area contributed by atoms with Crippen LogP contribution in [0.15, 0.2) is 0 Å². The molecule has 7 heteroatoms. The summed E-state index contributed by atoms with van der Waals surface area (Å²) < 4.78 is 0. The normalized spacial score (nSPS) is 24.3. The first-order valence-electron chi connectivity index (χ1n) is 7.13. The van der Waals surface area contributed by atoms with Gasteiger partial charge in [-0.05, 0) is 25.2 Å². The van der Waals surface area contributed by atoms with Gasteiger partial charge in [-0.3, -0.25) is 4.79 Å². The lowest BCUT2D eigenvalue weighted by Crippen LogP contribution is -2.57. The molecule has 0 aromatic rings. The minimum atomic E-state index is -1.08. The molecule has 0 aliphatic carbocycles. The zero-order chi connectivity index (χ0) is 16.4. The smallest absolute Gasteiger partial charge is 0.326 e. The second kappa shape index (κ2) is 6.32. The summed E-state index contributed by atoms with van der Waals surface area (Å²) >= 11 is 0. The van der Waals surface area contributed by atoms with Gasteiger partial charge in [0, 0.05) is 12.6 Å². The molecule has 1 heterocycles. The number of rotatable bonds is 3. The van der Waals surface area contributed by atoms with Gasteiger partial charge in [-0.2, -0.15) is 0 Å². The lowest BCUT2D eigenvalue weighted by Gasteiger charge is -2.38. The van der Waals surface area contributed by atoms with Crippen LogP contribution in [0.2, 0.25) is 0 Å². The van der Waals surface area contributed by atoms with Crippen LogP contribution in [0.25, 0.3) is 0 Å². The molecule has 0 aromatic heterocycles. The molecule has 0 aromatic carbocycles. The highest BCUT2D eigenvalue weighted by Crippen LogP contribution is 2.23. The first-order chi connectivity index (χ1) is 9.54. The van der Waals surface area contributed by atoms with Crippen LogP contribution in [0.4, 0.5) is 4.79 Å². The van der Waals surface area contributed by atoms with Gasteiger partial charge in [0.25, 0.3) is 0 Å². The quantitative estimate of drug-likeness (QED) is 0.714. The number of hydrogen-bond acceptors (Lipinski definition) is 3. The Bertz CT molecular complexity index is 430. The highest BCUT2D eigenvalue weighted by atomic mass is 16.4. The van der Waals surface area contributed by atoms with E-state index in [2.05, 4.69) is 5.32 Å². The summed E-state index contributed by atoms with van der Waals surface area (Å²) in [6.45, 7) is 7.36. The lowest BCUT2D eigenvalue weighted by molar-refractivity contribution is -0.142. The van der Waals surface area contributed by atoms with Gasteiger partial charge in [0.15, 0.2) is 0 Å². The van der Waals surface area contributed by atoms with Gasteiger partial charge in [0.1, 0.15) is 6.04 Å². The van der Waals surface area contributed by atoms with Crippen LogP contribution in [0.5, 0.6) is 0 Å². The van der Waals surface area contributed by atoms with Gasteiger partial charge in [0.2, 0.25) is 5.91 Å². The van der Waals surface area contributed by atoms with Crippen molar-refractivity contribution in [3.63, 3.8) is 0 Å². The second-order valence-electron chi connectivity index (χ2n) is 6.76.